The van der Waals surface area contributed by atoms with Gasteiger partial charge in [-0.2, -0.15) is 0 Å². The Morgan fingerprint density at radius 2 is 2.29 bits per heavy atom. The third-order valence-electron chi connectivity index (χ3n) is 3.17. The number of nitrogens with two attached hydrogens (primary N) is 1. The molecular weight excluding hydrogens is 214 g/mol. The fourth-order valence-corrected chi connectivity index (χ4v) is 2.40. The van der Waals surface area contributed by atoms with Gasteiger partial charge < -0.3 is 10.5 Å². The average Bonchev–Trinajstić information content (AvgIpc) is 2.64. The van der Waals surface area contributed by atoms with Gasteiger partial charge in [0.1, 0.15) is 6.04 Å². The number of fused-ring (bicyclic) bond motifs is 1. The Bertz CT molecular complexity index is 453. The van der Waals surface area contributed by atoms with Crippen molar-refractivity contribution in [2.24, 2.45) is 5.73 Å². The van der Waals surface area contributed by atoms with Crippen LogP contribution in [0.4, 0.5) is 0 Å². The summed E-state index contributed by atoms with van der Waals surface area (Å²) in [6.07, 6.45) is 0.800. The molecule has 1 unspecified atom stereocenters. The molecule has 2 rings (SSSR count). The summed E-state index contributed by atoms with van der Waals surface area (Å²) in [5.41, 5.74) is 9.29. The van der Waals surface area contributed by atoms with E-state index in [1.807, 2.05) is 18.2 Å². The molecule has 3 nitrogen and oxygen atoms in total. The Hall–Kier alpha value is -1.61. The van der Waals surface area contributed by atoms with Crippen LogP contribution < -0.4 is 5.73 Å². The smallest absolute Gasteiger partial charge is 0.323 e. The van der Waals surface area contributed by atoms with Gasteiger partial charge in [-0.05, 0) is 24.5 Å². The van der Waals surface area contributed by atoms with Crippen LogP contribution in [0.5, 0.6) is 0 Å². The maximum Gasteiger partial charge on any atom is 0.323 e. The van der Waals surface area contributed by atoms with E-state index < -0.39 is 6.04 Å². The lowest BCUT2D eigenvalue weighted by Crippen LogP contribution is -2.38. The summed E-state index contributed by atoms with van der Waals surface area (Å²) in [6.45, 7) is 6.16. The van der Waals surface area contributed by atoms with E-state index in [0.717, 1.165) is 17.6 Å². The van der Waals surface area contributed by atoms with Crippen LogP contribution in [0, 0.1) is 0 Å². The molecule has 3 heteroatoms. The van der Waals surface area contributed by atoms with Gasteiger partial charge in [-0.15, -0.1) is 0 Å². The van der Waals surface area contributed by atoms with E-state index in [-0.39, 0.29) is 11.9 Å². The molecule has 0 heterocycles. The second kappa shape index (κ2) is 4.72. The number of rotatable bonds is 3. The highest BCUT2D eigenvalue weighted by Crippen LogP contribution is 2.38. The predicted octanol–water partition coefficient (Wildman–Crippen LogP) is 1.77. The summed E-state index contributed by atoms with van der Waals surface area (Å²) in [4.78, 5) is 11.7. The van der Waals surface area contributed by atoms with E-state index in [0.29, 0.717) is 6.61 Å². The largest absolute Gasteiger partial charge is 0.465 e. The monoisotopic (exact) mass is 231 g/mol. The van der Waals surface area contributed by atoms with Crippen molar-refractivity contribution >= 4 is 5.97 Å². The maximum atomic E-state index is 11.7. The quantitative estimate of drug-likeness (QED) is 0.637. The van der Waals surface area contributed by atoms with Gasteiger partial charge in [0, 0.05) is 5.92 Å². The van der Waals surface area contributed by atoms with Crippen molar-refractivity contribution in [3.05, 3.63) is 47.5 Å². The van der Waals surface area contributed by atoms with Crippen molar-refractivity contribution in [2.75, 3.05) is 6.61 Å². The number of hydrogen-bond acceptors (Lipinski definition) is 3. The standard InChI is InChI=1S/C14H17NO2/c1-3-17-14(16)13(15)12-9(2)8-10-6-4-5-7-11(10)12/h4-7,12-13H,2-3,8,15H2,1H3/t12?,13-/m0/s1. The molecule has 0 fully saturated rings. The Balaban J connectivity index is 2.27. The van der Waals surface area contributed by atoms with E-state index in [2.05, 4.69) is 12.6 Å². The molecule has 0 radical (unpaired) electrons. The lowest BCUT2D eigenvalue weighted by Gasteiger charge is -2.19. The van der Waals surface area contributed by atoms with Gasteiger partial charge in [-0.25, -0.2) is 0 Å². The third-order valence-corrected chi connectivity index (χ3v) is 3.17. The summed E-state index contributed by atoms with van der Waals surface area (Å²) < 4.78 is 4.97. The molecule has 1 aromatic carbocycles. The van der Waals surface area contributed by atoms with Crippen LogP contribution in [0.15, 0.2) is 36.4 Å². The molecule has 1 aromatic rings. The van der Waals surface area contributed by atoms with Gasteiger partial charge in [-0.3, -0.25) is 4.79 Å². The fraction of sp³-hybridized carbons (Fsp3) is 0.357. The van der Waals surface area contributed by atoms with Gasteiger partial charge in [-0.1, -0.05) is 36.4 Å². The van der Waals surface area contributed by atoms with Crippen molar-refractivity contribution in [2.45, 2.75) is 25.3 Å². The van der Waals surface area contributed by atoms with Gasteiger partial charge >= 0.3 is 5.97 Å². The van der Waals surface area contributed by atoms with E-state index >= 15 is 0 Å². The van der Waals surface area contributed by atoms with Crippen molar-refractivity contribution in [1.29, 1.82) is 0 Å². The number of ether oxygens (including phenoxy) is 1. The zero-order valence-corrected chi connectivity index (χ0v) is 9.98. The van der Waals surface area contributed by atoms with E-state index in [9.17, 15) is 4.79 Å². The van der Waals surface area contributed by atoms with Crippen molar-refractivity contribution in [1.82, 2.24) is 0 Å². The average molecular weight is 231 g/mol. The van der Waals surface area contributed by atoms with E-state index in [1.54, 1.807) is 6.92 Å². The first-order valence-corrected chi connectivity index (χ1v) is 5.82. The number of hydrogen-bond donors (Lipinski definition) is 1. The molecule has 0 saturated carbocycles. The minimum Gasteiger partial charge on any atom is -0.465 e. The molecule has 17 heavy (non-hydrogen) atoms. The summed E-state index contributed by atoms with van der Waals surface area (Å²) in [7, 11) is 0. The number of benzene rings is 1. The van der Waals surface area contributed by atoms with Crippen LogP contribution in [0.1, 0.15) is 24.0 Å². The minimum atomic E-state index is -0.647. The first-order valence-electron chi connectivity index (χ1n) is 5.82. The number of carbonyl (C=O) groups excluding carboxylic acids is 1. The molecule has 0 aromatic heterocycles. The maximum absolute atomic E-state index is 11.7. The number of esters is 1. The second-order valence-corrected chi connectivity index (χ2v) is 4.29. The van der Waals surface area contributed by atoms with Crippen LogP contribution >= 0.6 is 0 Å². The molecule has 1 aliphatic rings. The molecule has 2 N–H and O–H groups in total. The molecule has 90 valence electrons. The normalized spacial score (nSPS) is 19.9. The second-order valence-electron chi connectivity index (χ2n) is 4.29. The van der Waals surface area contributed by atoms with Crippen LogP contribution in [-0.2, 0) is 16.0 Å². The van der Waals surface area contributed by atoms with Crippen LogP contribution in [-0.4, -0.2) is 18.6 Å². The van der Waals surface area contributed by atoms with E-state index in [1.165, 1.54) is 5.56 Å². The molecular formula is C14H17NO2. The summed E-state index contributed by atoms with van der Waals surface area (Å²) in [6, 6.07) is 7.37. The molecule has 1 aliphatic carbocycles. The van der Waals surface area contributed by atoms with Crippen molar-refractivity contribution < 1.29 is 9.53 Å². The zero-order chi connectivity index (χ0) is 12.4. The SMILES string of the molecule is C=C1Cc2ccccc2C1[C@H](N)C(=O)OCC. The first-order chi connectivity index (χ1) is 8.15. The first kappa shape index (κ1) is 11.9. The molecule has 0 aliphatic heterocycles. The van der Waals surface area contributed by atoms with Crippen LogP contribution in [0.2, 0.25) is 0 Å². The fourth-order valence-electron chi connectivity index (χ4n) is 2.40. The Morgan fingerprint density at radius 1 is 1.59 bits per heavy atom. The summed E-state index contributed by atoms with van der Waals surface area (Å²) in [5.74, 6) is -0.458. The van der Waals surface area contributed by atoms with Gasteiger partial charge in [0.15, 0.2) is 0 Å². The van der Waals surface area contributed by atoms with Crippen LogP contribution in [0.3, 0.4) is 0 Å². The highest BCUT2D eigenvalue weighted by atomic mass is 16.5. The lowest BCUT2D eigenvalue weighted by molar-refractivity contribution is -0.145. The van der Waals surface area contributed by atoms with Gasteiger partial charge in [0.25, 0.3) is 0 Å². The summed E-state index contributed by atoms with van der Waals surface area (Å²) in [5, 5.41) is 0. The topological polar surface area (TPSA) is 52.3 Å². The Kier molecular flexibility index (Phi) is 3.29. The lowest BCUT2D eigenvalue weighted by atomic mass is 9.91. The Labute approximate surface area is 101 Å². The van der Waals surface area contributed by atoms with Crippen LogP contribution in [0.25, 0.3) is 0 Å². The molecule has 2 atom stereocenters. The van der Waals surface area contributed by atoms with Gasteiger partial charge in [0.05, 0.1) is 6.61 Å². The minimum absolute atomic E-state index is 0.106. The summed E-state index contributed by atoms with van der Waals surface area (Å²) >= 11 is 0. The zero-order valence-electron chi connectivity index (χ0n) is 9.98. The molecule has 0 saturated heterocycles. The molecule has 0 bridgehead atoms. The van der Waals surface area contributed by atoms with Crippen molar-refractivity contribution in [3.8, 4) is 0 Å². The third kappa shape index (κ3) is 2.11. The Morgan fingerprint density at radius 3 is 3.00 bits per heavy atom. The highest BCUT2D eigenvalue weighted by molar-refractivity contribution is 5.78. The van der Waals surface area contributed by atoms with Gasteiger partial charge in [0.2, 0.25) is 0 Å². The molecule has 0 amide bonds. The van der Waals surface area contributed by atoms with Crippen molar-refractivity contribution in [3.63, 3.8) is 0 Å². The van der Waals surface area contributed by atoms with E-state index in [4.69, 9.17) is 10.5 Å². The number of carbonyl (C=O) groups is 1. The molecule has 0 spiro atoms. The predicted molar refractivity (Wildman–Crippen MR) is 66.6 cm³/mol. The highest BCUT2D eigenvalue weighted by Gasteiger charge is 2.34.